The van der Waals surface area contributed by atoms with Gasteiger partial charge in [0.1, 0.15) is 0 Å². The second-order valence-electron chi connectivity index (χ2n) is 7.79. The standard InChI is InChI=1S/C22H23F3N6O2S/c1-14-4-3-5-17(12-14)31-21(27-28-29-31)34-15(2)20(32)26-18-13-16(22(23,24)25)6-7-19(18)30-8-10-33-11-9-30/h3-7,12-13,15H,8-11H2,1-2H3,(H,26,32). The number of nitrogens with one attached hydrogen (secondary N) is 1. The number of anilines is 2. The molecule has 8 nitrogen and oxygen atoms in total. The number of nitrogens with zero attached hydrogens (tertiary/aromatic N) is 5. The number of alkyl halides is 3. The number of amides is 1. The van der Waals surface area contributed by atoms with Gasteiger partial charge in [-0.15, -0.1) is 5.10 Å². The molecule has 4 rings (SSSR count). The summed E-state index contributed by atoms with van der Waals surface area (Å²) < 4.78 is 46.9. The molecule has 0 saturated carbocycles. The summed E-state index contributed by atoms with van der Waals surface area (Å²) in [7, 11) is 0. The van der Waals surface area contributed by atoms with Crippen molar-refractivity contribution in [1.29, 1.82) is 0 Å². The lowest BCUT2D eigenvalue weighted by Crippen LogP contribution is -2.37. The fourth-order valence-electron chi connectivity index (χ4n) is 3.51. The van der Waals surface area contributed by atoms with Crippen molar-refractivity contribution in [3.05, 3.63) is 53.6 Å². The van der Waals surface area contributed by atoms with Gasteiger partial charge in [-0.3, -0.25) is 4.79 Å². The monoisotopic (exact) mass is 492 g/mol. The average Bonchev–Trinajstić information content (AvgIpc) is 3.27. The molecule has 2 heterocycles. The number of halogens is 3. The van der Waals surface area contributed by atoms with Crippen molar-refractivity contribution in [1.82, 2.24) is 20.2 Å². The van der Waals surface area contributed by atoms with Crippen LogP contribution in [-0.2, 0) is 15.7 Å². The predicted octanol–water partition coefficient (Wildman–Crippen LogP) is 3.95. The van der Waals surface area contributed by atoms with Crippen LogP contribution in [0.4, 0.5) is 24.5 Å². The van der Waals surface area contributed by atoms with E-state index in [4.69, 9.17) is 4.74 Å². The third-order valence-electron chi connectivity index (χ3n) is 5.27. The Bertz CT molecular complexity index is 1160. The maximum Gasteiger partial charge on any atom is 0.416 e. The maximum absolute atomic E-state index is 13.3. The van der Waals surface area contributed by atoms with E-state index in [2.05, 4.69) is 20.8 Å². The Hall–Kier alpha value is -3.12. The van der Waals surface area contributed by atoms with E-state index in [1.165, 1.54) is 10.7 Å². The van der Waals surface area contributed by atoms with Gasteiger partial charge in [0.15, 0.2) is 0 Å². The molecule has 1 aliphatic rings. The lowest BCUT2D eigenvalue weighted by molar-refractivity contribution is -0.137. The Balaban J connectivity index is 1.55. The molecule has 1 saturated heterocycles. The van der Waals surface area contributed by atoms with Crippen LogP contribution in [0.5, 0.6) is 0 Å². The van der Waals surface area contributed by atoms with Crippen molar-refractivity contribution < 1.29 is 22.7 Å². The SMILES string of the molecule is Cc1cccc(-n2nnnc2SC(C)C(=O)Nc2cc(C(F)(F)F)ccc2N2CCOCC2)c1. The van der Waals surface area contributed by atoms with E-state index in [1.54, 1.807) is 6.92 Å². The number of rotatable bonds is 6. The van der Waals surface area contributed by atoms with Crippen molar-refractivity contribution in [3.63, 3.8) is 0 Å². The van der Waals surface area contributed by atoms with Crippen LogP contribution >= 0.6 is 11.8 Å². The minimum Gasteiger partial charge on any atom is -0.378 e. The number of tetrazole rings is 1. The van der Waals surface area contributed by atoms with Crippen molar-refractivity contribution in [2.45, 2.75) is 30.4 Å². The molecule has 1 unspecified atom stereocenters. The largest absolute Gasteiger partial charge is 0.416 e. The van der Waals surface area contributed by atoms with Gasteiger partial charge in [0.05, 0.1) is 41.1 Å². The molecule has 0 bridgehead atoms. The summed E-state index contributed by atoms with van der Waals surface area (Å²) in [5.74, 6) is -0.461. The number of hydrogen-bond acceptors (Lipinski definition) is 7. The summed E-state index contributed by atoms with van der Waals surface area (Å²) in [6.07, 6.45) is -4.53. The number of carbonyl (C=O) groups is 1. The molecular formula is C22H23F3N6O2S. The second-order valence-corrected chi connectivity index (χ2v) is 9.10. The van der Waals surface area contributed by atoms with Gasteiger partial charge in [-0.05, 0) is 60.2 Å². The first-order chi connectivity index (χ1) is 16.2. The maximum atomic E-state index is 13.3. The number of thioether (sulfide) groups is 1. The van der Waals surface area contributed by atoms with Crippen molar-refractivity contribution in [2.24, 2.45) is 0 Å². The van der Waals surface area contributed by atoms with Crippen LogP contribution in [0.25, 0.3) is 5.69 Å². The molecule has 180 valence electrons. The molecule has 2 aromatic carbocycles. The summed E-state index contributed by atoms with van der Waals surface area (Å²) >= 11 is 1.12. The van der Waals surface area contributed by atoms with E-state index in [0.29, 0.717) is 37.1 Å². The van der Waals surface area contributed by atoms with Crippen LogP contribution in [0.1, 0.15) is 18.1 Å². The highest BCUT2D eigenvalue weighted by Crippen LogP contribution is 2.36. The van der Waals surface area contributed by atoms with E-state index < -0.39 is 22.9 Å². The molecular weight excluding hydrogens is 469 g/mol. The van der Waals surface area contributed by atoms with Crippen LogP contribution < -0.4 is 10.2 Å². The zero-order chi connectivity index (χ0) is 24.3. The normalized spacial score (nSPS) is 15.3. The molecule has 1 fully saturated rings. The van der Waals surface area contributed by atoms with Crippen LogP contribution in [-0.4, -0.2) is 57.7 Å². The number of aromatic nitrogens is 4. The summed E-state index contributed by atoms with van der Waals surface area (Å²) in [5.41, 5.74) is 1.56. The summed E-state index contributed by atoms with van der Waals surface area (Å²) in [4.78, 5) is 14.9. The molecule has 0 spiro atoms. The quantitative estimate of drug-likeness (QED) is 0.522. The molecule has 1 amide bonds. The lowest BCUT2D eigenvalue weighted by atomic mass is 10.1. The van der Waals surface area contributed by atoms with Crippen LogP contribution in [0.3, 0.4) is 0 Å². The van der Waals surface area contributed by atoms with Gasteiger partial charge in [-0.2, -0.15) is 17.9 Å². The minimum atomic E-state index is -4.53. The number of carbonyl (C=O) groups excluding carboxylic acids is 1. The topological polar surface area (TPSA) is 85.2 Å². The molecule has 1 aliphatic heterocycles. The second kappa shape index (κ2) is 10.0. The lowest BCUT2D eigenvalue weighted by Gasteiger charge is -2.31. The number of ether oxygens (including phenoxy) is 1. The van der Waals surface area contributed by atoms with Gasteiger partial charge in [0.25, 0.3) is 0 Å². The van der Waals surface area contributed by atoms with Crippen molar-refractivity contribution in [2.75, 3.05) is 36.5 Å². The third-order valence-corrected chi connectivity index (χ3v) is 6.31. The smallest absolute Gasteiger partial charge is 0.378 e. The highest BCUT2D eigenvalue weighted by atomic mass is 32.2. The number of morpholine rings is 1. The molecule has 0 radical (unpaired) electrons. The van der Waals surface area contributed by atoms with E-state index >= 15 is 0 Å². The van der Waals surface area contributed by atoms with E-state index in [1.807, 2.05) is 36.1 Å². The Kier molecular flexibility index (Phi) is 7.08. The van der Waals surface area contributed by atoms with E-state index in [0.717, 1.165) is 35.1 Å². The van der Waals surface area contributed by atoms with Gasteiger partial charge in [0.2, 0.25) is 11.1 Å². The highest BCUT2D eigenvalue weighted by Gasteiger charge is 2.32. The van der Waals surface area contributed by atoms with Crippen molar-refractivity contribution in [3.8, 4) is 5.69 Å². The Morgan fingerprint density at radius 1 is 1.18 bits per heavy atom. The first-order valence-corrected chi connectivity index (χ1v) is 11.5. The van der Waals surface area contributed by atoms with Crippen LogP contribution in [0.2, 0.25) is 0 Å². The van der Waals surface area contributed by atoms with Gasteiger partial charge >= 0.3 is 6.18 Å². The van der Waals surface area contributed by atoms with Gasteiger partial charge in [-0.25, -0.2) is 0 Å². The zero-order valence-electron chi connectivity index (χ0n) is 18.5. The Morgan fingerprint density at radius 3 is 2.65 bits per heavy atom. The minimum absolute atomic E-state index is 0.104. The highest BCUT2D eigenvalue weighted by molar-refractivity contribution is 8.00. The predicted molar refractivity (Wildman–Crippen MR) is 122 cm³/mol. The van der Waals surface area contributed by atoms with Crippen molar-refractivity contribution >= 4 is 29.0 Å². The first kappa shape index (κ1) is 24.0. The first-order valence-electron chi connectivity index (χ1n) is 10.6. The molecule has 34 heavy (non-hydrogen) atoms. The summed E-state index contributed by atoms with van der Waals surface area (Å²) in [6, 6.07) is 10.9. The van der Waals surface area contributed by atoms with Gasteiger partial charge in [0, 0.05) is 13.1 Å². The number of hydrogen-bond donors (Lipinski definition) is 1. The molecule has 12 heteroatoms. The van der Waals surface area contributed by atoms with Crippen LogP contribution in [0.15, 0.2) is 47.6 Å². The Labute approximate surface area is 198 Å². The average molecular weight is 493 g/mol. The fourth-order valence-corrected chi connectivity index (χ4v) is 4.32. The molecule has 1 atom stereocenters. The summed E-state index contributed by atoms with van der Waals surface area (Å²) in [5, 5.41) is 14.1. The van der Waals surface area contributed by atoms with E-state index in [9.17, 15) is 18.0 Å². The summed E-state index contributed by atoms with van der Waals surface area (Å²) in [6.45, 7) is 5.55. The van der Waals surface area contributed by atoms with Gasteiger partial charge in [-0.1, -0.05) is 23.9 Å². The van der Waals surface area contributed by atoms with Gasteiger partial charge < -0.3 is 15.0 Å². The molecule has 1 N–H and O–H groups in total. The number of benzene rings is 2. The Morgan fingerprint density at radius 2 is 1.94 bits per heavy atom. The molecule has 0 aliphatic carbocycles. The van der Waals surface area contributed by atoms with E-state index in [-0.39, 0.29) is 5.69 Å². The van der Waals surface area contributed by atoms with Crippen LogP contribution in [0, 0.1) is 6.92 Å². The molecule has 3 aromatic rings. The fraction of sp³-hybridized carbons (Fsp3) is 0.364. The number of aryl methyl sites for hydroxylation is 1. The zero-order valence-corrected chi connectivity index (χ0v) is 19.4. The molecule has 1 aromatic heterocycles. The third kappa shape index (κ3) is 5.50.